The maximum absolute atomic E-state index is 14.7. The molecular formula is C38H40ClF3N4O5SSi. The third kappa shape index (κ3) is 8.10. The van der Waals surface area contributed by atoms with Crippen LogP contribution in [0.2, 0.25) is 9.37 Å². The molecule has 53 heavy (non-hydrogen) atoms. The number of cyclic esters (lactones) is 1. The minimum Gasteiger partial charge on any atom is -0.442 e. The second kappa shape index (κ2) is 15.5. The van der Waals surface area contributed by atoms with Crippen LogP contribution < -0.4 is 25.5 Å². The molecule has 4 amide bonds. The third-order valence-corrected chi connectivity index (χ3v) is 15.7. The molecule has 1 atom stereocenters. The van der Waals surface area contributed by atoms with Gasteiger partial charge in [0.05, 0.1) is 40.2 Å². The molecule has 2 aliphatic heterocycles. The molecule has 1 N–H and O–H groups in total. The van der Waals surface area contributed by atoms with Gasteiger partial charge in [-0.1, -0.05) is 93.0 Å². The molecule has 2 saturated heterocycles. The van der Waals surface area contributed by atoms with E-state index in [0.29, 0.717) is 22.2 Å². The summed E-state index contributed by atoms with van der Waals surface area (Å²) in [5.41, 5.74) is -1.38. The van der Waals surface area contributed by atoms with Crippen molar-refractivity contribution in [3.8, 4) is 0 Å². The molecule has 9 nitrogen and oxygen atoms in total. The molecular weight excluding hydrogens is 745 g/mol. The van der Waals surface area contributed by atoms with E-state index in [1.807, 2.05) is 36.4 Å². The summed E-state index contributed by atoms with van der Waals surface area (Å²) < 4.78 is 56.7. The number of carbonyl (C=O) groups excluding carboxylic acids is 3. The number of nitrogens with zero attached hydrogens (tertiary/aromatic N) is 3. The molecule has 1 aromatic heterocycles. The van der Waals surface area contributed by atoms with E-state index in [0.717, 1.165) is 37.6 Å². The zero-order chi connectivity index (χ0) is 38.0. The van der Waals surface area contributed by atoms with Crippen LogP contribution in [0.5, 0.6) is 0 Å². The Bertz CT molecular complexity index is 1900. The monoisotopic (exact) mass is 784 g/mol. The predicted molar refractivity (Wildman–Crippen MR) is 203 cm³/mol. The normalized spacial score (nSPS) is 17.0. The second-order valence-corrected chi connectivity index (χ2v) is 19.9. The molecule has 280 valence electrons. The first-order chi connectivity index (χ1) is 25.2. The molecule has 15 heteroatoms. The molecule has 2 fully saturated rings. The van der Waals surface area contributed by atoms with Gasteiger partial charge in [-0.25, -0.2) is 9.59 Å². The first kappa shape index (κ1) is 38.4. The van der Waals surface area contributed by atoms with E-state index < -0.39 is 44.2 Å². The number of urea groups is 1. The van der Waals surface area contributed by atoms with Gasteiger partial charge in [-0.3, -0.25) is 14.6 Å². The van der Waals surface area contributed by atoms with Gasteiger partial charge in [-0.15, -0.1) is 11.3 Å². The molecule has 0 aliphatic carbocycles. The van der Waals surface area contributed by atoms with E-state index in [-0.39, 0.29) is 49.2 Å². The summed E-state index contributed by atoms with van der Waals surface area (Å²) in [6, 6.07) is 26.2. The number of thiophene rings is 1. The number of nitrogens with one attached hydrogen (secondary N) is 1. The largest absolute Gasteiger partial charge is 0.442 e. The molecule has 0 unspecified atom stereocenters. The number of benzene rings is 3. The lowest BCUT2D eigenvalue weighted by molar-refractivity contribution is -0.137. The summed E-state index contributed by atoms with van der Waals surface area (Å²) >= 11 is 6.99. The molecule has 3 aromatic carbocycles. The van der Waals surface area contributed by atoms with Crippen LogP contribution in [0.25, 0.3) is 0 Å². The molecule has 0 spiro atoms. The maximum Gasteiger partial charge on any atom is 0.418 e. The van der Waals surface area contributed by atoms with E-state index >= 15 is 0 Å². The van der Waals surface area contributed by atoms with Crippen molar-refractivity contribution in [1.29, 1.82) is 0 Å². The van der Waals surface area contributed by atoms with Crippen LogP contribution in [0.3, 0.4) is 0 Å². The summed E-state index contributed by atoms with van der Waals surface area (Å²) in [5, 5.41) is 4.55. The van der Waals surface area contributed by atoms with Crippen molar-refractivity contribution in [3.05, 3.63) is 106 Å². The van der Waals surface area contributed by atoms with Crippen LogP contribution in [0.1, 0.15) is 42.4 Å². The second-order valence-electron chi connectivity index (χ2n) is 13.9. The fourth-order valence-electron chi connectivity index (χ4n) is 7.01. The smallest absolute Gasteiger partial charge is 0.418 e. The molecule has 0 bridgehead atoms. The number of halogens is 4. The van der Waals surface area contributed by atoms with Crippen LogP contribution >= 0.6 is 22.9 Å². The molecule has 2 aliphatic rings. The fraction of sp³-hybridized carbons (Fsp3) is 0.342. The van der Waals surface area contributed by atoms with Gasteiger partial charge < -0.3 is 19.4 Å². The Morgan fingerprint density at radius 1 is 0.943 bits per heavy atom. The molecule has 0 saturated carbocycles. The minimum absolute atomic E-state index is 0.0371. The highest BCUT2D eigenvalue weighted by Gasteiger charge is 2.50. The van der Waals surface area contributed by atoms with Gasteiger partial charge in [0.1, 0.15) is 6.10 Å². The minimum atomic E-state index is -4.83. The average Bonchev–Trinajstić information content (AvgIpc) is 3.74. The fourth-order valence-corrected chi connectivity index (χ4v) is 12.5. The van der Waals surface area contributed by atoms with Crippen LogP contribution in [-0.4, -0.2) is 76.7 Å². The van der Waals surface area contributed by atoms with E-state index in [1.165, 1.54) is 17.0 Å². The lowest BCUT2D eigenvalue weighted by Crippen LogP contribution is -2.67. The van der Waals surface area contributed by atoms with Gasteiger partial charge in [0.25, 0.3) is 14.2 Å². The van der Waals surface area contributed by atoms with Gasteiger partial charge in [-0.05, 0) is 52.2 Å². The Hall–Kier alpha value is -4.37. The summed E-state index contributed by atoms with van der Waals surface area (Å²) in [7, 11) is -2.89. The zero-order valence-corrected chi connectivity index (χ0v) is 32.1. The lowest BCUT2D eigenvalue weighted by Gasteiger charge is -2.44. The SMILES string of the molecule is CC(C)(C)[Si](OCCN1CCCN(c2ccc(N3C[C@H](CNC(=O)c4ccc(Cl)s4)OC3=O)cc2C(F)(F)F)C1=O)(c1ccccc1)c1ccccc1. The molecule has 6 rings (SSSR count). The number of carbonyl (C=O) groups is 3. The zero-order valence-electron chi connectivity index (χ0n) is 29.5. The first-order valence-electron chi connectivity index (χ1n) is 17.2. The van der Waals surface area contributed by atoms with Crippen molar-refractivity contribution in [2.24, 2.45) is 0 Å². The summed E-state index contributed by atoms with van der Waals surface area (Å²) in [6.07, 6.45) is -6.02. The lowest BCUT2D eigenvalue weighted by atomic mass is 10.1. The summed E-state index contributed by atoms with van der Waals surface area (Å²) in [5.74, 6) is -0.407. The Morgan fingerprint density at radius 2 is 1.60 bits per heavy atom. The van der Waals surface area contributed by atoms with Crippen molar-refractivity contribution in [2.45, 2.75) is 44.5 Å². The number of hydrogen-bond donors (Lipinski definition) is 1. The maximum atomic E-state index is 14.7. The van der Waals surface area contributed by atoms with Crippen LogP contribution in [0.4, 0.5) is 34.1 Å². The number of amides is 4. The molecule has 4 aromatic rings. The van der Waals surface area contributed by atoms with Crippen molar-refractivity contribution in [2.75, 3.05) is 49.1 Å². The average molecular weight is 785 g/mol. The van der Waals surface area contributed by atoms with Crippen molar-refractivity contribution in [1.82, 2.24) is 10.2 Å². The Kier molecular flexibility index (Phi) is 11.2. The highest BCUT2D eigenvalue weighted by atomic mass is 35.5. The van der Waals surface area contributed by atoms with Crippen molar-refractivity contribution < 1.29 is 36.7 Å². The van der Waals surface area contributed by atoms with Gasteiger partial charge in [0, 0.05) is 25.3 Å². The Balaban J connectivity index is 1.17. The quantitative estimate of drug-likeness (QED) is 0.160. The Labute approximate surface area is 316 Å². The van der Waals surface area contributed by atoms with E-state index in [2.05, 4.69) is 50.4 Å². The number of anilines is 2. The highest BCUT2D eigenvalue weighted by molar-refractivity contribution is 7.18. The third-order valence-electron chi connectivity index (χ3n) is 9.46. The van der Waals surface area contributed by atoms with Gasteiger partial charge >= 0.3 is 18.3 Å². The number of hydrogen-bond acceptors (Lipinski definition) is 6. The standard InChI is InChI=1S/C38H40ClF3N4O5SSi/c1-37(2,3)53(28-11-6-4-7-12-28,29-13-8-5-9-14-29)50-22-21-44-19-10-20-45(35(44)48)31-16-15-26(23-30(31)38(40,41)42)46-25-27(51-36(46)49)24-43-34(47)32-17-18-33(39)52-32/h4-9,11-18,23,27H,10,19-22,24-25H2,1-3H3,(H,43,47)/t27-/m0/s1. The number of ether oxygens (including phenoxy) is 1. The van der Waals surface area contributed by atoms with E-state index in [4.69, 9.17) is 20.8 Å². The molecule has 3 heterocycles. The van der Waals surface area contributed by atoms with Crippen molar-refractivity contribution in [3.63, 3.8) is 0 Å². The number of alkyl halides is 3. The first-order valence-corrected chi connectivity index (χ1v) is 20.3. The van der Waals surface area contributed by atoms with Crippen molar-refractivity contribution >= 4 is 71.0 Å². The van der Waals surface area contributed by atoms with Gasteiger partial charge in [-0.2, -0.15) is 13.2 Å². The number of rotatable bonds is 11. The Morgan fingerprint density at radius 3 is 2.19 bits per heavy atom. The summed E-state index contributed by atoms with van der Waals surface area (Å²) in [4.78, 5) is 43.2. The topological polar surface area (TPSA) is 91.4 Å². The van der Waals surface area contributed by atoms with E-state index in [9.17, 15) is 27.6 Å². The molecule has 0 radical (unpaired) electrons. The van der Waals surface area contributed by atoms with Gasteiger partial charge in [0.15, 0.2) is 0 Å². The highest BCUT2D eigenvalue weighted by Crippen LogP contribution is 2.41. The van der Waals surface area contributed by atoms with E-state index in [1.54, 1.807) is 12.1 Å². The van der Waals surface area contributed by atoms with Gasteiger partial charge in [0.2, 0.25) is 0 Å². The van der Waals surface area contributed by atoms with Crippen LogP contribution in [0.15, 0.2) is 91.0 Å². The predicted octanol–water partition coefficient (Wildman–Crippen LogP) is 7.38. The summed E-state index contributed by atoms with van der Waals surface area (Å²) in [6.45, 7) is 7.18. The van der Waals surface area contributed by atoms with Crippen LogP contribution in [0, 0.1) is 0 Å². The van der Waals surface area contributed by atoms with Crippen LogP contribution in [-0.2, 0) is 15.3 Å².